The number of rotatable bonds is 4. The first-order chi connectivity index (χ1) is 13.7. The van der Waals surface area contributed by atoms with E-state index in [1.165, 1.54) is 5.56 Å². The summed E-state index contributed by atoms with van der Waals surface area (Å²) in [5.74, 6) is 0.842. The summed E-state index contributed by atoms with van der Waals surface area (Å²) in [6.45, 7) is 2.82. The number of nitriles is 1. The average Bonchev–Trinajstić information content (AvgIpc) is 3.03. The van der Waals surface area contributed by atoms with Crippen molar-refractivity contribution in [2.45, 2.75) is 45.1 Å². The lowest BCUT2D eigenvalue weighted by Gasteiger charge is -2.37. The van der Waals surface area contributed by atoms with Crippen LogP contribution >= 0.6 is 0 Å². The highest BCUT2D eigenvalue weighted by molar-refractivity contribution is 6.10. The molecule has 0 amide bonds. The van der Waals surface area contributed by atoms with Gasteiger partial charge in [0, 0.05) is 17.6 Å². The number of nitrogens with zero attached hydrogens (tertiary/aromatic N) is 2. The van der Waals surface area contributed by atoms with Crippen LogP contribution in [0.5, 0.6) is 5.75 Å². The molecule has 0 N–H and O–H groups in total. The summed E-state index contributed by atoms with van der Waals surface area (Å²) in [6, 6.07) is 14.7. The second-order valence-electron chi connectivity index (χ2n) is 7.78. The van der Waals surface area contributed by atoms with E-state index in [4.69, 9.17) is 9.47 Å². The molecule has 4 rings (SSSR count). The Morgan fingerprint density at radius 1 is 1.14 bits per heavy atom. The van der Waals surface area contributed by atoms with Crippen molar-refractivity contribution in [1.82, 2.24) is 0 Å². The summed E-state index contributed by atoms with van der Waals surface area (Å²) in [5.41, 5.74) is 5.64. The van der Waals surface area contributed by atoms with Crippen molar-refractivity contribution in [3.63, 3.8) is 0 Å². The van der Waals surface area contributed by atoms with Gasteiger partial charge in [-0.3, -0.25) is 0 Å². The van der Waals surface area contributed by atoms with Crippen LogP contribution in [-0.4, -0.2) is 25.5 Å². The van der Waals surface area contributed by atoms with E-state index >= 15 is 0 Å². The van der Waals surface area contributed by atoms with Crippen LogP contribution in [0.2, 0.25) is 0 Å². The highest BCUT2D eigenvalue weighted by Gasteiger charge is 2.45. The molecule has 0 aromatic heterocycles. The van der Waals surface area contributed by atoms with Gasteiger partial charge in [-0.1, -0.05) is 24.3 Å². The Morgan fingerprint density at radius 2 is 1.93 bits per heavy atom. The van der Waals surface area contributed by atoms with Gasteiger partial charge in [0.15, 0.2) is 0 Å². The molecule has 0 atom stereocenters. The zero-order chi connectivity index (χ0) is 19.6. The molecular formula is C24H26N2O2. The van der Waals surface area contributed by atoms with E-state index in [0.29, 0.717) is 6.10 Å². The van der Waals surface area contributed by atoms with Crippen molar-refractivity contribution in [3.05, 3.63) is 53.6 Å². The number of aliphatic imine (C=N–C) groups is 1. The normalized spacial score (nSPS) is 24.9. The molecule has 4 heteroatoms. The molecule has 28 heavy (non-hydrogen) atoms. The Bertz CT molecular complexity index is 934. The maximum atomic E-state index is 9.38. The van der Waals surface area contributed by atoms with Crippen LogP contribution in [0.4, 0.5) is 0 Å². The van der Waals surface area contributed by atoms with Crippen LogP contribution in [0, 0.1) is 16.9 Å². The summed E-state index contributed by atoms with van der Waals surface area (Å²) in [7, 11) is 1.68. The lowest BCUT2D eigenvalue weighted by atomic mass is 9.70. The number of ether oxygens (including phenoxy) is 2. The third kappa shape index (κ3) is 3.31. The lowest BCUT2D eigenvalue weighted by Crippen LogP contribution is -2.36. The fraction of sp³-hybridized carbons (Fsp3) is 0.417. The second-order valence-corrected chi connectivity index (χ2v) is 7.78. The van der Waals surface area contributed by atoms with Gasteiger partial charge < -0.3 is 9.47 Å². The third-order valence-electron chi connectivity index (χ3n) is 6.25. The van der Waals surface area contributed by atoms with E-state index in [-0.39, 0.29) is 5.41 Å². The van der Waals surface area contributed by atoms with E-state index in [0.717, 1.165) is 66.9 Å². The first kappa shape index (κ1) is 18.7. The molecule has 144 valence electrons. The zero-order valence-electron chi connectivity index (χ0n) is 16.6. The van der Waals surface area contributed by atoms with Crippen molar-refractivity contribution < 1.29 is 9.47 Å². The molecule has 0 aliphatic heterocycles. The number of fused-ring (bicyclic) bond motifs is 1. The van der Waals surface area contributed by atoms with E-state index in [9.17, 15) is 5.26 Å². The SMILES string of the molecule is CCOC1CCC2(CC1)Cc1ccc(-c3cccc(OC)c3)cc1C2=NC#N. The minimum atomic E-state index is -0.0152. The van der Waals surface area contributed by atoms with Gasteiger partial charge in [0.2, 0.25) is 6.19 Å². The molecule has 2 aliphatic rings. The summed E-state index contributed by atoms with van der Waals surface area (Å²) < 4.78 is 11.2. The van der Waals surface area contributed by atoms with Gasteiger partial charge in [0.25, 0.3) is 0 Å². The maximum Gasteiger partial charge on any atom is 0.205 e. The van der Waals surface area contributed by atoms with Crippen LogP contribution in [-0.2, 0) is 11.2 Å². The summed E-state index contributed by atoms with van der Waals surface area (Å²) in [4.78, 5) is 4.34. The predicted octanol–water partition coefficient (Wildman–Crippen LogP) is 5.15. The molecule has 1 spiro atoms. The number of hydrogen-bond donors (Lipinski definition) is 0. The maximum absolute atomic E-state index is 9.38. The summed E-state index contributed by atoms with van der Waals surface area (Å²) in [6.07, 6.45) is 7.52. The van der Waals surface area contributed by atoms with Gasteiger partial charge >= 0.3 is 0 Å². The molecule has 0 heterocycles. The van der Waals surface area contributed by atoms with Gasteiger partial charge in [-0.2, -0.15) is 10.3 Å². The molecule has 0 bridgehead atoms. The van der Waals surface area contributed by atoms with Crippen LogP contribution in [0.3, 0.4) is 0 Å². The fourth-order valence-corrected chi connectivity index (χ4v) is 4.86. The summed E-state index contributed by atoms with van der Waals surface area (Å²) >= 11 is 0. The molecule has 2 aromatic rings. The topological polar surface area (TPSA) is 54.6 Å². The minimum absolute atomic E-state index is 0.0152. The van der Waals surface area contributed by atoms with Gasteiger partial charge in [0.05, 0.1) is 18.9 Å². The third-order valence-corrected chi connectivity index (χ3v) is 6.25. The van der Waals surface area contributed by atoms with Crippen molar-refractivity contribution in [2.75, 3.05) is 13.7 Å². The van der Waals surface area contributed by atoms with Crippen molar-refractivity contribution in [2.24, 2.45) is 10.4 Å². The van der Waals surface area contributed by atoms with Crippen molar-refractivity contribution in [3.8, 4) is 23.1 Å². The largest absolute Gasteiger partial charge is 0.497 e. The van der Waals surface area contributed by atoms with Crippen LogP contribution in [0.25, 0.3) is 11.1 Å². The molecule has 0 radical (unpaired) electrons. The minimum Gasteiger partial charge on any atom is -0.497 e. The molecule has 2 aromatic carbocycles. The number of hydrogen-bond acceptors (Lipinski definition) is 4. The highest BCUT2D eigenvalue weighted by atomic mass is 16.5. The Balaban J connectivity index is 1.68. The summed E-state index contributed by atoms with van der Waals surface area (Å²) in [5, 5.41) is 9.38. The van der Waals surface area contributed by atoms with Gasteiger partial charge in [-0.15, -0.1) is 0 Å². The van der Waals surface area contributed by atoms with E-state index in [1.807, 2.05) is 18.2 Å². The van der Waals surface area contributed by atoms with Crippen LogP contribution in [0.1, 0.15) is 43.7 Å². The van der Waals surface area contributed by atoms with Crippen molar-refractivity contribution in [1.29, 1.82) is 5.26 Å². The molecule has 0 unspecified atom stereocenters. The highest BCUT2D eigenvalue weighted by Crippen LogP contribution is 2.49. The Hall–Kier alpha value is -2.64. The van der Waals surface area contributed by atoms with Crippen LogP contribution < -0.4 is 4.74 Å². The Kier molecular flexibility index (Phi) is 5.19. The van der Waals surface area contributed by atoms with Gasteiger partial charge in [0.1, 0.15) is 5.75 Å². The number of benzene rings is 2. The monoisotopic (exact) mass is 374 g/mol. The zero-order valence-corrected chi connectivity index (χ0v) is 16.6. The lowest BCUT2D eigenvalue weighted by molar-refractivity contribution is 0.0179. The standard InChI is InChI=1S/C24H26N2O2/c1-3-28-20-9-11-24(12-10-20)15-19-8-7-18(14-22(19)23(24)26-16-25)17-5-4-6-21(13-17)27-2/h4-8,13-14,20H,3,9-12,15H2,1-2H3. The number of methoxy groups -OCH3 is 1. The second kappa shape index (κ2) is 7.77. The van der Waals surface area contributed by atoms with Crippen LogP contribution in [0.15, 0.2) is 47.5 Å². The van der Waals surface area contributed by atoms with E-state index in [1.54, 1.807) is 7.11 Å². The van der Waals surface area contributed by atoms with Crippen molar-refractivity contribution >= 4 is 5.71 Å². The van der Waals surface area contributed by atoms with Gasteiger partial charge in [-0.25, -0.2) is 0 Å². The molecule has 1 saturated carbocycles. The Morgan fingerprint density at radius 3 is 2.64 bits per heavy atom. The first-order valence-corrected chi connectivity index (χ1v) is 10.1. The van der Waals surface area contributed by atoms with E-state index < -0.39 is 0 Å². The molecule has 2 aliphatic carbocycles. The average molecular weight is 374 g/mol. The molecule has 0 saturated heterocycles. The molecule has 4 nitrogen and oxygen atoms in total. The smallest absolute Gasteiger partial charge is 0.205 e. The van der Waals surface area contributed by atoms with E-state index in [2.05, 4.69) is 42.4 Å². The Labute approximate surface area is 166 Å². The first-order valence-electron chi connectivity index (χ1n) is 10.1. The quantitative estimate of drug-likeness (QED) is 0.695. The molecule has 1 fully saturated rings. The molecular weight excluding hydrogens is 348 g/mol. The van der Waals surface area contributed by atoms with Gasteiger partial charge in [-0.05, 0) is 73.9 Å². The fourth-order valence-electron chi connectivity index (χ4n) is 4.86. The predicted molar refractivity (Wildman–Crippen MR) is 111 cm³/mol.